The molecule has 4 rings (SSSR count). The second-order valence-corrected chi connectivity index (χ2v) is 9.24. The number of benzene rings is 1. The Balaban J connectivity index is 1.89. The van der Waals surface area contributed by atoms with Gasteiger partial charge in [0, 0.05) is 49.8 Å². The molecule has 0 spiro atoms. The fraction of sp³-hybridized carbons (Fsp3) is 0.417. The summed E-state index contributed by atoms with van der Waals surface area (Å²) in [4.78, 5) is 41.9. The molecule has 2 N–H and O–H groups in total. The molecule has 1 amide bonds. The molecule has 1 fully saturated rings. The molecule has 3 aromatic rings. The van der Waals surface area contributed by atoms with Gasteiger partial charge < -0.3 is 15.2 Å². The highest BCUT2D eigenvalue weighted by atomic mass is 19.3. The number of H-pyrrole nitrogens is 1. The number of rotatable bonds is 5. The van der Waals surface area contributed by atoms with Gasteiger partial charge in [-0.05, 0) is 13.3 Å². The molecule has 0 aliphatic carbocycles. The van der Waals surface area contributed by atoms with Crippen LogP contribution >= 0.6 is 0 Å². The summed E-state index contributed by atoms with van der Waals surface area (Å²) in [5.74, 6) is -0.943. The number of aromatic nitrogens is 3. The first-order valence-corrected chi connectivity index (χ1v) is 11.2. The van der Waals surface area contributed by atoms with Crippen LogP contribution in [0.25, 0.3) is 10.8 Å². The van der Waals surface area contributed by atoms with E-state index in [-0.39, 0.29) is 22.7 Å². The van der Waals surface area contributed by atoms with Crippen LogP contribution in [0.1, 0.15) is 56.5 Å². The Bertz CT molecular complexity index is 1430. The summed E-state index contributed by atoms with van der Waals surface area (Å²) < 4.78 is 42.3. The van der Waals surface area contributed by atoms with E-state index in [0.717, 1.165) is 10.7 Å². The predicted octanol–water partition coefficient (Wildman–Crippen LogP) is 3.38. The largest absolute Gasteiger partial charge is 0.361 e. The van der Waals surface area contributed by atoms with Crippen LogP contribution in [0.3, 0.4) is 0 Å². The maximum Gasteiger partial charge on any atom is 0.274 e. The third kappa shape index (κ3) is 4.30. The Kier molecular flexibility index (Phi) is 6.20. The molecule has 2 aromatic heterocycles. The van der Waals surface area contributed by atoms with Crippen LogP contribution in [0.2, 0.25) is 0 Å². The number of alkyl halides is 2. The number of aryl methyl sites for hydroxylation is 1. The summed E-state index contributed by atoms with van der Waals surface area (Å²) in [5, 5.41) is 7.83. The minimum absolute atomic E-state index is 0.00686. The standard InChI is InChI=1S/C24H26F3N5O3/c1-12(14-6-5-7-15(19(14)25)21(26)27)28-22-18-16(23(35)31(4)30-22)10-17(34)29-20(18)24(3)8-9-32(11-24)13(2)33/h5-7,10,12,21H,8-9,11H2,1-4H3,(H,28,30)(H,29,34)/t12-,24-/m1/s1. The number of carbonyl (C=O) groups is 1. The number of anilines is 1. The molecule has 0 saturated carbocycles. The van der Waals surface area contributed by atoms with Gasteiger partial charge in [-0.3, -0.25) is 14.4 Å². The quantitative estimate of drug-likeness (QED) is 0.573. The number of nitrogens with zero attached hydrogens (tertiary/aromatic N) is 3. The van der Waals surface area contributed by atoms with Crippen molar-refractivity contribution in [3.05, 3.63) is 67.6 Å². The van der Waals surface area contributed by atoms with Gasteiger partial charge in [0.15, 0.2) is 5.82 Å². The van der Waals surface area contributed by atoms with Crippen LogP contribution in [0.4, 0.5) is 19.0 Å². The number of aromatic amines is 1. The number of likely N-dealkylation sites (tertiary alicyclic amines) is 1. The van der Waals surface area contributed by atoms with E-state index < -0.39 is 40.4 Å². The molecule has 2 atom stereocenters. The van der Waals surface area contributed by atoms with E-state index in [0.29, 0.717) is 30.6 Å². The van der Waals surface area contributed by atoms with Gasteiger partial charge in [0.2, 0.25) is 11.5 Å². The zero-order valence-corrected chi connectivity index (χ0v) is 19.8. The monoisotopic (exact) mass is 489 g/mol. The predicted molar refractivity (Wildman–Crippen MR) is 125 cm³/mol. The van der Waals surface area contributed by atoms with Crippen LogP contribution in [0, 0.1) is 5.82 Å². The Hall–Kier alpha value is -3.63. The normalized spacial score (nSPS) is 18.9. The number of halogens is 3. The summed E-state index contributed by atoms with van der Waals surface area (Å²) in [6.45, 7) is 5.75. The second kappa shape index (κ2) is 8.86. The van der Waals surface area contributed by atoms with Crippen LogP contribution in [-0.4, -0.2) is 38.7 Å². The molecule has 1 aliphatic heterocycles. The third-order valence-corrected chi connectivity index (χ3v) is 6.69. The van der Waals surface area contributed by atoms with Crippen molar-refractivity contribution in [1.82, 2.24) is 19.7 Å². The Morgan fingerprint density at radius 2 is 1.94 bits per heavy atom. The van der Waals surface area contributed by atoms with Crippen molar-refractivity contribution in [2.75, 3.05) is 18.4 Å². The van der Waals surface area contributed by atoms with E-state index >= 15 is 0 Å². The molecular weight excluding hydrogens is 463 g/mol. The van der Waals surface area contributed by atoms with Crippen LogP contribution < -0.4 is 16.4 Å². The number of hydrogen-bond acceptors (Lipinski definition) is 5. The van der Waals surface area contributed by atoms with Gasteiger partial charge in [-0.15, -0.1) is 0 Å². The molecule has 0 bridgehead atoms. The van der Waals surface area contributed by atoms with Crippen molar-refractivity contribution in [3.8, 4) is 0 Å². The highest BCUT2D eigenvalue weighted by molar-refractivity contribution is 5.94. The lowest BCUT2D eigenvalue weighted by Gasteiger charge is -2.27. The molecule has 35 heavy (non-hydrogen) atoms. The molecular formula is C24H26F3N5O3. The third-order valence-electron chi connectivity index (χ3n) is 6.69. The fourth-order valence-corrected chi connectivity index (χ4v) is 4.74. The molecule has 186 valence electrons. The van der Waals surface area contributed by atoms with Gasteiger partial charge >= 0.3 is 0 Å². The first kappa shape index (κ1) is 24.5. The smallest absolute Gasteiger partial charge is 0.274 e. The fourth-order valence-electron chi connectivity index (χ4n) is 4.74. The average molecular weight is 489 g/mol. The summed E-state index contributed by atoms with van der Waals surface area (Å²) >= 11 is 0. The van der Waals surface area contributed by atoms with Gasteiger partial charge in [0.05, 0.1) is 22.4 Å². The first-order chi connectivity index (χ1) is 16.4. The maximum absolute atomic E-state index is 14.8. The lowest BCUT2D eigenvalue weighted by molar-refractivity contribution is -0.127. The van der Waals surface area contributed by atoms with Gasteiger partial charge in [-0.25, -0.2) is 17.9 Å². The highest BCUT2D eigenvalue weighted by Crippen LogP contribution is 2.38. The van der Waals surface area contributed by atoms with E-state index in [1.807, 2.05) is 6.92 Å². The minimum atomic E-state index is -2.97. The number of carbonyl (C=O) groups excluding carboxylic acids is 1. The van der Waals surface area contributed by atoms with E-state index in [1.165, 1.54) is 32.2 Å². The second-order valence-electron chi connectivity index (χ2n) is 9.24. The van der Waals surface area contributed by atoms with Crippen molar-refractivity contribution < 1.29 is 18.0 Å². The molecule has 0 radical (unpaired) electrons. The molecule has 0 unspecified atom stereocenters. The number of fused-ring (bicyclic) bond motifs is 1. The zero-order chi connectivity index (χ0) is 25.7. The summed E-state index contributed by atoms with van der Waals surface area (Å²) in [7, 11) is 1.42. The molecule has 8 nitrogen and oxygen atoms in total. The van der Waals surface area contributed by atoms with Gasteiger partial charge in [-0.1, -0.05) is 25.1 Å². The number of pyridine rings is 1. The van der Waals surface area contributed by atoms with Gasteiger partial charge in [0.25, 0.3) is 12.0 Å². The molecule has 3 heterocycles. The highest BCUT2D eigenvalue weighted by Gasteiger charge is 2.39. The Morgan fingerprint density at radius 3 is 2.57 bits per heavy atom. The summed E-state index contributed by atoms with van der Waals surface area (Å²) in [6.07, 6.45) is -2.43. The van der Waals surface area contributed by atoms with Crippen molar-refractivity contribution in [3.63, 3.8) is 0 Å². The first-order valence-electron chi connectivity index (χ1n) is 11.2. The van der Waals surface area contributed by atoms with Gasteiger partial charge in [-0.2, -0.15) is 5.10 Å². The van der Waals surface area contributed by atoms with E-state index in [1.54, 1.807) is 11.8 Å². The van der Waals surface area contributed by atoms with Crippen LogP contribution in [0.5, 0.6) is 0 Å². The van der Waals surface area contributed by atoms with Crippen molar-refractivity contribution in [1.29, 1.82) is 0 Å². The average Bonchev–Trinajstić information content (AvgIpc) is 3.20. The van der Waals surface area contributed by atoms with Crippen molar-refractivity contribution in [2.24, 2.45) is 7.05 Å². The number of nitrogens with one attached hydrogen (secondary N) is 2. The van der Waals surface area contributed by atoms with E-state index in [4.69, 9.17) is 0 Å². The van der Waals surface area contributed by atoms with Gasteiger partial charge in [0.1, 0.15) is 5.82 Å². The van der Waals surface area contributed by atoms with E-state index in [2.05, 4.69) is 15.4 Å². The SMILES string of the molecule is CC(=O)N1CC[C@@](C)(c2[nH]c(=O)cc3c(=O)n(C)nc(N[C@H](C)c4cccc(C(F)F)c4F)c23)C1. The maximum atomic E-state index is 14.8. The lowest BCUT2D eigenvalue weighted by atomic mass is 9.83. The Labute approximate surface area is 198 Å². The van der Waals surface area contributed by atoms with Crippen molar-refractivity contribution >= 4 is 22.5 Å². The zero-order valence-electron chi connectivity index (χ0n) is 19.8. The van der Waals surface area contributed by atoms with Crippen LogP contribution in [0.15, 0.2) is 33.9 Å². The van der Waals surface area contributed by atoms with E-state index in [9.17, 15) is 27.6 Å². The number of amides is 1. The molecule has 1 aromatic carbocycles. The molecule has 1 saturated heterocycles. The Morgan fingerprint density at radius 1 is 1.26 bits per heavy atom. The van der Waals surface area contributed by atoms with Crippen LogP contribution in [-0.2, 0) is 17.3 Å². The minimum Gasteiger partial charge on any atom is -0.361 e. The lowest BCUT2D eigenvalue weighted by Crippen LogP contribution is -2.34. The topological polar surface area (TPSA) is 100 Å². The summed E-state index contributed by atoms with van der Waals surface area (Å²) in [5.41, 5.74) is -1.92. The molecule has 11 heteroatoms. The number of hydrogen-bond donors (Lipinski definition) is 2. The molecule has 1 aliphatic rings. The van der Waals surface area contributed by atoms with Crippen molar-refractivity contribution in [2.45, 2.75) is 45.1 Å². The summed E-state index contributed by atoms with van der Waals surface area (Å²) in [6, 6.07) is 4.16.